The van der Waals surface area contributed by atoms with Gasteiger partial charge >= 0.3 is 5.97 Å². The minimum Gasteiger partial charge on any atom is -0.477 e. The number of benzene rings is 1. The summed E-state index contributed by atoms with van der Waals surface area (Å²) in [5.74, 6) is -0.878. The Morgan fingerprint density at radius 1 is 1.03 bits per heavy atom. The Morgan fingerprint density at radius 2 is 1.82 bits per heavy atom. The molecule has 2 aromatic rings. The molecule has 1 aromatic heterocycles. The second-order valence-electron chi connectivity index (χ2n) is 8.93. The fourth-order valence-electron chi connectivity index (χ4n) is 4.49. The Labute approximate surface area is 201 Å². The molecule has 5 nitrogen and oxygen atoms in total. The zero-order valence-electron chi connectivity index (χ0n) is 19.3. The van der Waals surface area contributed by atoms with Crippen LogP contribution in [0.5, 0.6) is 0 Å². The highest BCUT2D eigenvalue weighted by Gasteiger charge is 2.29. The van der Waals surface area contributed by atoms with Crippen molar-refractivity contribution in [3.8, 4) is 0 Å². The van der Waals surface area contributed by atoms with Crippen LogP contribution in [0.2, 0.25) is 0 Å². The molecule has 0 spiro atoms. The van der Waals surface area contributed by atoms with E-state index >= 15 is 0 Å². The number of hydrogen-bond acceptors (Lipinski definition) is 5. The van der Waals surface area contributed by atoms with Gasteiger partial charge in [-0.1, -0.05) is 61.7 Å². The lowest BCUT2D eigenvalue weighted by Gasteiger charge is -2.25. The SMILES string of the molecule is O=C(O)c1ccc(CCCN2C(O)CCC2C=CC(O)CCCCCCc2ccccc2)s1. The molecule has 3 rings (SSSR count). The standard InChI is InChI=1S/C27H37NO4S/c29-23(12-7-2-1-4-9-21-10-5-3-6-11-21)16-14-22-15-19-26(30)28(22)20-8-13-24-17-18-25(33-24)27(31)32/h3,5-6,10-11,14,16-18,22-23,26,29-30H,1-2,4,7-9,12-13,15,19-20H2,(H,31,32). The van der Waals surface area contributed by atoms with Crippen molar-refractivity contribution < 1.29 is 20.1 Å². The van der Waals surface area contributed by atoms with E-state index in [1.54, 1.807) is 6.07 Å². The first-order valence-corrected chi connectivity index (χ1v) is 13.0. The van der Waals surface area contributed by atoms with Crippen LogP contribution >= 0.6 is 11.3 Å². The third-order valence-electron chi connectivity index (χ3n) is 6.35. The molecule has 0 bridgehead atoms. The summed E-state index contributed by atoms with van der Waals surface area (Å²) in [6.45, 7) is 0.758. The van der Waals surface area contributed by atoms with Crippen molar-refractivity contribution in [2.45, 2.75) is 82.6 Å². The highest BCUT2D eigenvalue weighted by atomic mass is 32.1. The summed E-state index contributed by atoms with van der Waals surface area (Å²) >= 11 is 1.32. The lowest BCUT2D eigenvalue weighted by atomic mass is 10.0. The van der Waals surface area contributed by atoms with E-state index in [2.05, 4.69) is 35.2 Å². The number of thiophene rings is 1. The fourth-order valence-corrected chi connectivity index (χ4v) is 5.38. The molecule has 180 valence electrons. The van der Waals surface area contributed by atoms with Crippen LogP contribution in [-0.2, 0) is 12.8 Å². The molecule has 0 aliphatic carbocycles. The smallest absolute Gasteiger partial charge is 0.345 e. The van der Waals surface area contributed by atoms with Crippen LogP contribution < -0.4 is 0 Å². The molecule has 1 fully saturated rings. The van der Waals surface area contributed by atoms with Crippen molar-refractivity contribution in [2.75, 3.05) is 6.54 Å². The normalized spacial score (nSPS) is 19.9. The third-order valence-corrected chi connectivity index (χ3v) is 7.49. The first-order chi connectivity index (χ1) is 16.0. The lowest BCUT2D eigenvalue weighted by Crippen LogP contribution is -2.36. The molecule has 1 aromatic carbocycles. The van der Waals surface area contributed by atoms with Gasteiger partial charge in [-0.15, -0.1) is 11.3 Å². The van der Waals surface area contributed by atoms with Crippen molar-refractivity contribution in [1.29, 1.82) is 0 Å². The molecule has 33 heavy (non-hydrogen) atoms. The van der Waals surface area contributed by atoms with Gasteiger partial charge in [-0.2, -0.15) is 0 Å². The summed E-state index contributed by atoms with van der Waals surface area (Å²) in [6.07, 6.45) is 12.8. The molecule has 0 saturated carbocycles. The average molecular weight is 472 g/mol. The molecule has 6 heteroatoms. The number of carboxylic acid groups (broad SMARTS) is 1. The third kappa shape index (κ3) is 8.70. The largest absolute Gasteiger partial charge is 0.477 e. The van der Waals surface area contributed by atoms with Crippen molar-refractivity contribution in [2.24, 2.45) is 0 Å². The van der Waals surface area contributed by atoms with Crippen molar-refractivity contribution in [1.82, 2.24) is 4.90 Å². The van der Waals surface area contributed by atoms with Gasteiger partial charge in [0, 0.05) is 17.5 Å². The number of nitrogens with zero attached hydrogens (tertiary/aromatic N) is 1. The summed E-state index contributed by atoms with van der Waals surface area (Å²) in [5, 5.41) is 29.8. The van der Waals surface area contributed by atoms with Crippen molar-refractivity contribution >= 4 is 17.3 Å². The molecule has 3 atom stereocenters. The summed E-state index contributed by atoms with van der Waals surface area (Å²) in [6, 6.07) is 14.3. The number of aliphatic hydroxyl groups excluding tert-OH is 2. The summed E-state index contributed by atoms with van der Waals surface area (Å²) < 4.78 is 0. The maximum Gasteiger partial charge on any atom is 0.345 e. The Bertz CT molecular complexity index is 866. The van der Waals surface area contributed by atoms with E-state index in [9.17, 15) is 15.0 Å². The molecule has 1 aliphatic heterocycles. The Morgan fingerprint density at radius 3 is 2.58 bits per heavy atom. The van der Waals surface area contributed by atoms with Crippen LogP contribution in [0.3, 0.4) is 0 Å². The van der Waals surface area contributed by atoms with Gasteiger partial charge in [0.1, 0.15) is 11.1 Å². The van der Waals surface area contributed by atoms with Crippen molar-refractivity contribution in [3.05, 3.63) is 69.9 Å². The number of carbonyl (C=O) groups is 1. The van der Waals surface area contributed by atoms with E-state index in [0.717, 1.165) is 62.8 Å². The number of unbranched alkanes of at least 4 members (excludes halogenated alkanes) is 3. The van der Waals surface area contributed by atoms with Crippen molar-refractivity contribution in [3.63, 3.8) is 0 Å². The Hall–Kier alpha value is -1.99. The molecule has 3 unspecified atom stereocenters. The van der Waals surface area contributed by atoms with Gasteiger partial charge in [0.05, 0.1) is 6.10 Å². The number of hydrogen-bond donors (Lipinski definition) is 3. The molecular weight excluding hydrogens is 434 g/mol. The van der Waals surface area contributed by atoms with E-state index in [4.69, 9.17) is 5.11 Å². The quantitative estimate of drug-likeness (QED) is 0.258. The predicted octanol–water partition coefficient (Wildman–Crippen LogP) is 5.27. The Kier molecular flexibility index (Phi) is 10.6. The average Bonchev–Trinajstić information content (AvgIpc) is 3.43. The van der Waals surface area contributed by atoms with Gasteiger partial charge < -0.3 is 15.3 Å². The van der Waals surface area contributed by atoms with E-state index < -0.39 is 18.3 Å². The number of likely N-dealkylation sites (tertiary alicyclic amines) is 1. The van der Waals surface area contributed by atoms with Gasteiger partial charge in [-0.05, 0) is 62.6 Å². The number of carboxylic acids is 1. The Balaban J connectivity index is 1.32. The second kappa shape index (κ2) is 13.7. The molecular formula is C27H37NO4S. The molecule has 3 N–H and O–H groups in total. The number of aliphatic hydroxyl groups is 2. The maximum atomic E-state index is 11.0. The van der Waals surface area contributed by atoms with Gasteiger partial charge in [-0.25, -0.2) is 4.79 Å². The first kappa shape index (κ1) is 25.6. The second-order valence-corrected chi connectivity index (χ2v) is 10.1. The van der Waals surface area contributed by atoms with Crippen LogP contribution in [0.1, 0.15) is 71.5 Å². The van der Waals surface area contributed by atoms with Crippen LogP contribution in [0.4, 0.5) is 0 Å². The number of aryl methyl sites for hydroxylation is 2. The minimum atomic E-state index is -0.878. The number of aromatic carboxylic acids is 1. The number of rotatable bonds is 14. The highest BCUT2D eigenvalue weighted by molar-refractivity contribution is 7.13. The van der Waals surface area contributed by atoms with E-state index in [-0.39, 0.29) is 6.04 Å². The van der Waals surface area contributed by atoms with Gasteiger partial charge in [0.15, 0.2) is 0 Å². The maximum absolute atomic E-state index is 11.0. The van der Waals surface area contributed by atoms with Gasteiger partial charge in [0.25, 0.3) is 0 Å². The summed E-state index contributed by atoms with van der Waals surface area (Å²) in [5.41, 5.74) is 1.39. The van der Waals surface area contributed by atoms with Crippen LogP contribution in [0, 0.1) is 0 Å². The minimum absolute atomic E-state index is 0.151. The highest BCUT2D eigenvalue weighted by Crippen LogP contribution is 2.25. The van der Waals surface area contributed by atoms with Gasteiger partial charge in [0.2, 0.25) is 0 Å². The molecule has 2 heterocycles. The van der Waals surface area contributed by atoms with E-state index in [1.165, 1.54) is 29.7 Å². The van der Waals surface area contributed by atoms with Crippen LogP contribution in [0.25, 0.3) is 0 Å². The molecule has 0 amide bonds. The van der Waals surface area contributed by atoms with E-state index in [1.807, 2.05) is 18.2 Å². The summed E-state index contributed by atoms with van der Waals surface area (Å²) in [4.78, 5) is 14.5. The predicted molar refractivity (Wildman–Crippen MR) is 134 cm³/mol. The summed E-state index contributed by atoms with van der Waals surface area (Å²) in [7, 11) is 0. The molecule has 0 radical (unpaired) electrons. The van der Waals surface area contributed by atoms with Gasteiger partial charge in [-0.3, -0.25) is 4.90 Å². The zero-order chi connectivity index (χ0) is 23.5. The van der Waals surface area contributed by atoms with Crippen LogP contribution in [-0.4, -0.2) is 51.1 Å². The van der Waals surface area contributed by atoms with Crippen LogP contribution in [0.15, 0.2) is 54.6 Å². The zero-order valence-corrected chi connectivity index (χ0v) is 20.1. The fraction of sp³-hybridized carbons (Fsp3) is 0.519. The van der Waals surface area contributed by atoms with E-state index in [0.29, 0.717) is 4.88 Å². The molecule has 1 saturated heterocycles. The monoisotopic (exact) mass is 471 g/mol. The molecule has 1 aliphatic rings. The topological polar surface area (TPSA) is 81.0 Å². The lowest BCUT2D eigenvalue weighted by molar-refractivity contribution is 0.0252. The first-order valence-electron chi connectivity index (χ1n) is 12.2.